The van der Waals surface area contributed by atoms with E-state index >= 15 is 0 Å². The topological polar surface area (TPSA) is 122 Å². The minimum atomic E-state index is -1.45. The molecule has 7 nitrogen and oxygen atoms in total. The van der Waals surface area contributed by atoms with Gasteiger partial charge in [0.05, 0.1) is 24.8 Å². The van der Waals surface area contributed by atoms with E-state index in [9.17, 15) is 19.8 Å². The second-order valence-corrected chi connectivity index (χ2v) is 6.97. The minimum absolute atomic E-state index is 0.00225. The molecule has 0 amide bonds. The smallest absolute Gasteiger partial charge is 0.333 e. The van der Waals surface area contributed by atoms with E-state index < -0.39 is 29.3 Å². The molecule has 2 rings (SSSR count). The lowest BCUT2D eigenvalue weighted by Gasteiger charge is -2.47. The third kappa shape index (κ3) is 3.81. The van der Waals surface area contributed by atoms with E-state index in [2.05, 4.69) is 5.32 Å². The molecule has 3 atom stereocenters. The van der Waals surface area contributed by atoms with Crippen molar-refractivity contribution < 1.29 is 24.5 Å². The SMILES string of the molecule is CCC1(C(=O)O)C(COCCN)NC(C)=C(C(=O)O)C1c1ccccc1Cl. The normalized spacial score (nSPS) is 25.2. The van der Waals surface area contributed by atoms with Crippen molar-refractivity contribution in [3.63, 3.8) is 0 Å². The van der Waals surface area contributed by atoms with Crippen molar-refractivity contribution in [2.45, 2.75) is 32.2 Å². The van der Waals surface area contributed by atoms with Gasteiger partial charge in [0.2, 0.25) is 0 Å². The number of carboxylic acid groups (broad SMARTS) is 2. The van der Waals surface area contributed by atoms with Gasteiger partial charge in [-0.25, -0.2) is 4.79 Å². The highest BCUT2D eigenvalue weighted by molar-refractivity contribution is 6.31. The maximum absolute atomic E-state index is 12.5. The van der Waals surface area contributed by atoms with E-state index in [1.54, 1.807) is 38.1 Å². The highest BCUT2D eigenvalue weighted by Crippen LogP contribution is 2.51. The van der Waals surface area contributed by atoms with Gasteiger partial charge in [-0.15, -0.1) is 0 Å². The standard InChI is InChI=1S/C19H25ClN2O5/c1-3-19(18(25)26)14(10-27-9-8-21)22-11(2)15(17(23)24)16(19)12-6-4-5-7-13(12)20/h4-7,14,16,22H,3,8-10,21H2,1-2H3,(H,23,24)(H,25,26). The molecular weight excluding hydrogens is 372 g/mol. The molecule has 3 unspecified atom stereocenters. The van der Waals surface area contributed by atoms with Gasteiger partial charge in [-0.2, -0.15) is 0 Å². The molecule has 0 aliphatic carbocycles. The Labute approximate surface area is 163 Å². The van der Waals surface area contributed by atoms with E-state index in [1.165, 1.54) is 0 Å². The van der Waals surface area contributed by atoms with Gasteiger partial charge >= 0.3 is 11.9 Å². The Morgan fingerprint density at radius 3 is 2.52 bits per heavy atom. The number of rotatable bonds is 8. The van der Waals surface area contributed by atoms with Gasteiger partial charge in [0.1, 0.15) is 5.41 Å². The van der Waals surface area contributed by atoms with Crippen LogP contribution in [0.25, 0.3) is 0 Å². The average Bonchev–Trinajstić information content (AvgIpc) is 2.61. The Morgan fingerprint density at radius 2 is 2.00 bits per heavy atom. The third-order valence-corrected chi connectivity index (χ3v) is 5.54. The lowest BCUT2D eigenvalue weighted by atomic mass is 9.60. The van der Waals surface area contributed by atoms with Crippen molar-refractivity contribution in [3.05, 3.63) is 46.1 Å². The van der Waals surface area contributed by atoms with Gasteiger partial charge in [-0.1, -0.05) is 36.7 Å². The minimum Gasteiger partial charge on any atom is -0.481 e. The predicted molar refractivity (Wildman–Crippen MR) is 102 cm³/mol. The highest BCUT2D eigenvalue weighted by Gasteiger charge is 2.57. The monoisotopic (exact) mass is 396 g/mol. The molecule has 1 heterocycles. The number of nitrogens with two attached hydrogens (primary N) is 1. The zero-order chi connectivity index (χ0) is 20.2. The van der Waals surface area contributed by atoms with Crippen molar-refractivity contribution in [2.24, 2.45) is 11.1 Å². The fraction of sp³-hybridized carbons (Fsp3) is 0.474. The first kappa shape index (κ1) is 21.2. The summed E-state index contributed by atoms with van der Waals surface area (Å²) in [6.45, 7) is 4.04. The molecule has 0 saturated heterocycles. The van der Waals surface area contributed by atoms with Crippen LogP contribution >= 0.6 is 11.6 Å². The number of aliphatic carboxylic acids is 2. The molecule has 0 radical (unpaired) electrons. The van der Waals surface area contributed by atoms with E-state index in [-0.39, 0.29) is 25.2 Å². The number of allylic oxidation sites excluding steroid dienone is 1. The lowest BCUT2D eigenvalue weighted by Crippen LogP contribution is -2.59. The second kappa shape index (κ2) is 8.73. The number of hydrogen-bond acceptors (Lipinski definition) is 5. The Balaban J connectivity index is 2.73. The number of halogens is 1. The molecule has 8 heteroatoms. The maximum atomic E-state index is 12.5. The first-order valence-electron chi connectivity index (χ1n) is 8.77. The molecule has 27 heavy (non-hydrogen) atoms. The van der Waals surface area contributed by atoms with Crippen molar-refractivity contribution in [1.29, 1.82) is 0 Å². The second-order valence-electron chi connectivity index (χ2n) is 6.56. The third-order valence-electron chi connectivity index (χ3n) is 5.20. The first-order chi connectivity index (χ1) is 12.8. The van der Waals surface area contributed by atoms with Crippen molar-refractivity contribution in [1.82, 2.24) is 5.32 Å². The number of benzene rings is 1. The number of nitrogens with one attached hydrogen (secondary N) is 1. The highest BCUT2D eigenvalue weighted by atomic mass is 35.5. The molecule has 0 bridgehead atoms. The molecule has 1 aliphatic rings. The summed E-state index contributed by atoms with van der Waals surface area (Å²) in [4.78, 5) is 24.6. The van der Waals surface area contributed by atoms with Crippen LogP contribution in [-0.2, 0) is 14.3 Å². The quantitative estimate of drug-likeness (QED) is 0.497. The number of carboxylic acids is 2. The molecule has 1 aromatic rings. The predicted octanol–water partition coefficient (Wildman–Crippen LogP) is 2.21. The summed E-state index contributed by atoms with van der Waals surface area (Å²) in [5.74, 6) is -3.21. The number of hydrogen-bond donors (Lipinski definition) is 4. The van der Waals surface area contributed by atoms with Crippen LogP contribution in [0.4, 0.5) is 0 Å². The first-order valence-corrected chi connectivity index (χ1v) is 9.15. The van der Waals surface area contributed by atoms with Gasteiger partial charge in [0, 0.05) is 23.2 Å². The van der Waals surface area contributed by atoms with E-state index in [4.69, 9.17) is 22.1 Å². The fourth-order valence-corrected chi connectivity index (χ4v) is 4.16. The molecule has 0 fully saturated rings. The van der Waals surface area contributed by atoms with Crippen LogP contribution in [0.1, 0.15) is 31.7 Å². The van der Waals surface area contributed by atoms with Crippen molar-refractivity contribution >= 4 is 23.5 Å². The van der Waals surface area contributed by atoms with Crippen LogP contribution in [0.5, 0.6) is 0 Å². The van der Waals surface area contributed by atoms with Gasteiger partial charge in [0.15, 0.2) is 0 Å². The van der Waals surface area contributed by atoms with E-state index in [1.807, 2.05) is 0 Å². The Hall–Kier alpha value is -2.09. The Morgan fingerprint density at radius 1 is 1.33 bits per heavy atom. The summed E-state index contributed by atoms with van der Waals surface area (Å²) in [5, 5.41) is 23.5. The lowest BCUT2D eigenvalue weighted by molar-refractivity contribution is -0.155. The summed E-state index contributed by atoms with van der Waals surface area (Å²) in [6.07, 6.45) is 0.186. The zero-order valence-corrected chi connectivity index (χ0v) is 16.1. The molecule has 1 aliphatic heterocycles. The average molecular weight is 397 g/mol. The van der Waals surface area contributed by atoms with Gasteiger partial charge in [-0.3, -0.25) is 4.79 Å². The molecule has 0 aromatic heterocycles. The van der Waals surface area contributed by atoms with Crippen molar-refractivity contribution in [2.75, 3.05) is 19.8 Å². The zero-order valence-electron chi connectivity index (χ0n) is 15.4. The summed E-state index contributed by atoms with van der Waals surface area (Å²) in [5.41, 5.74) is 4.90. The van der Waals surface area contributed by atoms with Crippen LogP contribution in [-0.4, -0.2) is 48.0 Å². The Kier molecular flexibility index (Phi) is 6.86. The van der Waals surface area contributed by atoms with Gasteiger partial charge in [0.25, 0.3) is 0 Å². The van der Waals surface area contributed by atoms with E-state index in [0.717, 1.165) is 0 Å². The van der Waals surface area contributed by atoms with E-state index in [0.29, 0.717) is 22.8 Å². The molecule has 0 saturated carbocycles. The molecule has 148 valence electrons. The summed E-state index contributed by atoms with van der Waals surface area (Å²) >= 11 is 6.36. The van der Waals surface area contributed by atoms with Crippen LogP contribution < -0.4 is 11.1 Å². The molecule has 1 aromatic carbocycles. The van der Waals surface area contributed by atoms with Crippen LogP contribution in [0.3, 0.4) is 0 Å². The largest absolute Gasteiger partial charge is 0.481 e. The molecule has 5 N–H and O–H groups in total. The Bertz CT molecular complexity index is 751. The van der Waals surface area contributed by atoms with Gasteiger partial charge < -0.3 is 26.0 Å². The van der Waals surface area contributed by atoms with Crippen molar-refractivity contribution in [3.8, 4) is 0 Å². The summed E-state index contributed by atoms with van der Waals surface area (Å²) in [7, 11) is 0. The van der Waals surface area contributed by atoms with Crippen LogP contribution in [0.2, 0.25) is 5.02 Å². The molecular formula is C19H25ClN2O5. The van der Waals surface area contributed by atoms with Crippen LogP contribution in [0, 0.1) is 5.41 Å². The molecule has 0 spiro atoms. The summed E-state index contributed by atoms with van der Waals surface area (Å²) in [6, 6.07) is 6.12. The fourth-order valence-electron chi connectivity index (χ4n) is 3.92. The van der Waals surface area contributed by atoms with Crippen LogP contribution in [0.15, 0.2) is 35.5 Å². The summed E-state index contributed by atoms with van der Waals surface area (Å²) < 4.78 is 5.53. The van der Waals surface area contributed by atoms with Gasteiger partial charge in [-0.05, 0) is 25.0 Å². The maximum Gasteiger partial charge on any atom is 0.333 e. The number of carbonyl (C=O) groups is 2. The number of ether oxygens (including phenoxy) is 1.